The fraction of sp³-hybridized carbons (Fsp3) is 0.0588. The molecule has 126 valence electrons. The minimum absolute atomic E-state index is 0.0562. The van der Waals surface area contributed by atoms with Crippen LogP contribution < -0.4 is 16.2 Å². The Morgan fingerprint density at radius 2 is 1.80 bits per heavy atom. The molecule has 0 saturated carbocycles. The Kier molecular flexibility index (Phi) is 4.51. The lowest BCUT2D eigenvalue weighted by molar-refractivity contribution is -0.120. The number of nitrogens with zero attached hydrogens (tertiary/aromatic N) is 2. The molecule has 3 rings (SSSR count). The summed E-state index contributed by atoms with van der Waals surface area (Å²) in [6.07, 6.45) is 1.11. The Bertz CT molecular complexity index is 1020. The van der Waals surface area contributed by atoms with E-state index in [0.29, 0.717) is 11.0 Å². The molecule has 0 radical (unpaired) electrons. The smallest absolute Gasteiger partial charge is 0.305 e. The maximum absolute atomic E-state index is 13.5. The van der Waals surface area contributed by atoms with E-state index >= 15 is 0 Å². The van der Waals surface area contributed by atoms with Gasteiger partial charge in [0.15, 0.2) is 0 Å². The lowest BCUT2D eigenvalue weighted by atomic mass is 10.3. The van der Waals surface area contributed by atoms with Crippen molar-refractivity contribution in [1.29, 1.82) is 0 Å². The molecule has 25 heavy (non-hydrogen) atoms. The van der Waals surface area contributed by atoms with Crippen molar-refractivity contribution in [3.8, 4) is 0 Å². The SMILES string of the molecule is O=C(Cn1c(=O)cnc2ccccc21)NC(=O)Nc1ccccc1F. The van der Waals surface area contributed by atoms with E-state index in [-0.39, 0.29) is 12.2 Å². The summed E-state index contributed by atoms with van der Waals surface area (Å²) in [5.74, 6) is -1.34. The molecule has 7 nitrogen and oxygen atoms in total. The van der Waals surface area contributed by atoms with Crippen molar-refractivity contribution in [2.45, 2.75) is 6.54 Å². The van der Waals surface area contributed by atoms with Crippen LogP contribution in [-0.2, 0) is 11.3 Å². The van der Waals surface area contributed by atoms with Crippen molar-refractivity contribution in [2.75, 3.05) is 5.32 Å². The van der Waals surface area contributed by atoms with Crippen LogP contribution in [0.15, 0.2) is 59.5 Å². The Morgan fingerprint density at radius 1 is 1.08 bits per heavy atom. The summed E-state index contributed by atoms with van der Waals surface area (Å²) in [5.41, 5.74) is 0.494. The third kappa shape index (κ3) is 3.69. The summed E-state index contributed by atoms with van der Waals surface area (Å²) >= 11 is 0. The molecular weight excluding hydrogens is 327 g/mol. The van der Waals surface area contributed by atoms with E-state index < -0.39 is 23.3 Å². The van der Waals surface area contributed by atoms with Gasteiger partial charge in [0.2, 0.25) is 5.91 Å². The van der Waals surface area contributed by atoms with Crippen molar-refractivity contribution in [3.63, 3.8) is 0 Å². The molecule has 0 atom stereocenters. The maximum Gasteiger partial charge on any atom is 0.326 e. The summed E-state index contributed by atoms with van der Waals surface area (Å²) in [5, 5.41) is 4.29. The van der Waals surface area contributed by atoms with Gasteiger partial charge in [-0.1, -0.05) is 24.3 Å². The van der Waals surface area contributed by atoms with Crippen LogP contribution in [0.5, 0.6) is 0 Å². The topological polar surface area (TPSA) is 93.1 Å². The number of para-hydroxylation sites is 3. The second-order valence-electron chi connectivity index (χ2n) is 5.15. The quantitative estimate of drug-likeness (QED) is 0.761. The molecule has 0 aliphatic carbocycles. The number of carbonyl (C=O) groups is 2. The van der Waals surface area contributed by atoms with E-state index in [9.17, 15) is 18.8 Å². The van der Waals surface area contributed by atoms with Gasteiger partial charge in [0.1, 0.15) is 12.4 Å². The van der Waals surface area contributed by atoms with Crippen molar-refractivity contribution >= 4 is 28.7 Å². The molecule has 3 amide bonds. The first-order valence-corrected chi connectivity index (χ1v) is 7.34. The third-order valence-electron chi connectivity index (χ3n) is 3.43. The van der Waals surface area contributed by atoms with Crippen LogP contribution in [0.1, 0.15) is 0 Å². The molecule has 0 saturated heterocycles. The van der Waals surface area contributed by atoms with E-state index in [4.69, 9.17) is 0 Å². The highest BCUT2D eigenvalue weighted by atomic mass is 19.1. The third-order valence-corrected chi connectivity index (χ3v) is 3.43. The van der Waals surface area contributed by atoms with E-state index in [1.54, 1.807) is 30.3 Å². The number of hydrogen-bond acceptors (Lipinski definition) is 4. The van der Waals surface area contributed by atoms with Crippen LogP contribution in [0.25, 0.3) is 11.0 Å². The maximum atomic E-state index is 13.5. The van der Waals surface area contributed by atoms with Crippen molar-refractivity contribution in [1.82, 2.24) is 14.9 Å². The minimum atomic E-state index is -0.887. The first-order chi connectivity index (χ1) is 12.0. The predicted octanol–water partition coefficient (Wildman–Crippen LogP) is 1.88. The van der Waals surface area contributed by atoms with Crippen molar-refractivity contribution in [2.24, 2.45) is 0 Å². The fourth-order valence-corrected chi connectivity index (χ4v) is 2.30. The average molecular weight is 340 g/mol. The summed E-state index contributed by atoms with van der Waals surface area (Å²) in [4.78, 5) is 39.8. The molecule has 0 fully saturated rings. The number of rotatable bonds is 3. The molecule has 0 unspecified atom stereocenters. The highest BCUT2D eigenvalue weighted by Gasteiger charge is 2.13. The largest absolute Gasteiger partial charge is 0.326 e. The molecule has 0 spiro atoms. The summed E-state index contributed by atoms with van der Waals surface area (Å²) < 4.78 is 14.7. The van der Waals surface area contributed by atoms with E-state index in [1.165, 1.54) is 22.8 Å². The van der Waals surface area contributed by atoms with Gasteiger partial charge < -0.3 is 5.32 Å². The second-order valence-corrected chi connectivity index (χ2v) is 5.15. The zero-order valence-corrected chi connectivity index (χ0v) is 12.9. The van der Waals surface area contributed by atoms with Crippen molar-refractivity contribution in [3.05, 3.63) is 70.9 Å². The number of carbonyl (C=O) groups excluding carboxylic acids is 2. The Labute approximate surface area is 141 Å². The number of aromatic nitrogens is 2. The van der Waals surface area contributed by atoms with Gasteiger partial charge in [0.05, 0.1) is 22.9 Å². The van der Waals surface area contributed by atoms with Gasteiger partial charge in [-0.25, -0.2) is 14.2 Å². The van der Waals surface area contributed by atoms with Crippen LogP contribution in [0.2, 0.25) is 0 Å². The Hall–Kier alpha value is -3.55. The Morgan fingerprint density at radius 3 is 2.60 bits per heavy atom. The van der Waals surface area contributed by atoms with Gasteiger partial charge in [0.25, 0.3) is 5.56 Å². The monoisotopic (exact) mass is 340 g/mol. The van der Waals surface area contributed by atoms with Gasteiger partial charge in [-0.15, -0.1) is 0 Å². The number of halogens is 1. The predicted molar refractivity (Wildman–Crippen MR) is 89.6 cm³/mol. The van der Waals surface area contributed by atoms with Gasteiger partial charge >= 0.3 is 6.03 Å². The van der Waals surface area contributed by atoms with Gasteiger partial charge in [-0.2, -0.15) is 0 Å². The molecule has 0 aliphatic heterocycles. The van der Waals surface area contributed by atoms with E-state index in [2.05, 4.69) is 15.6 Å². The molecule has 1 aromatic heterocycles. The van der Waals surface area contributed by atoms with Crippen LogP contribution in [-0.4, -0.2) is 21.5 Å². The number of urea groups is 1. The molecular formula is C17H13FN4O3. The lowest BCUT2D eigenvalue weighted by Gasteiger charge is -2.10. The number of fused-ring (bicyclic) bond motifs is 1. The summed E-state index contributed by atoms with van der Waals surface area (Å²) in [7, 11) is 0. The summed E-state index contributed by atoms with van der Waals surface area (Å²) in [6, 6.07) is 11.5. The number of anilines is 1. The molecule has 0 bridgehead atoms. The highest BCUT2D eigenvalue weighted by molar-refractivity contribution is 6.01. The minimum Gasteiger partial charge on any atom is -0.305 e. The number of amides is 3. The van der Waals surface area contributed by atoms with Crippen molar-refractivity contribution < 1.29 is 14.0 Å². The molecule has 0 aliphatic rings. The number of nitrogens with one attached hydrogen (secondary N) is 2. The number of imide groups is 1. The Balaban J connectivity index is 1.73. The normalized spacial score (nSPS) is 10.4. The molecule has 3 aromatic rings. The molecule has 1 heterocycles. The van der Waals surface area contributed by atoms with E-state index in [0.717, 1.165) is 6.20 Å². The molecule has 2 aromatic carbocycles. The van der Waals surface area contributed by atoms with Gasteiger partial charge in [-0.3, -0.25) is 19.5 Å². The fourth-order valence-electron chi connectivity index (χ4n) is 2.30. The van der Waals surface area contributed by atoms with Crippen LogP contribution >= 0.6 is 0 Å². The van der Waals surface area contributed by atoms with Crippen LogP contribution in [0, 0.1) is 5.82 Å². The summed E-state index contributed by atoms with van der Waals surface area (Å²) in [6.45, 7) is -0.368. The zero-order valence-electron chi connectivity index (χ0n) is 12.9. The lowest BCUT2D eigenvalue weighted by Crippen LogP contribution is -2.38. The number of hydrogen-bond donors (Lipinski definition) is 2. The molecule has 2 N–H and O–H groups in total. The second kappa shape index (κ2) is 6.91. The van der Waals surface area contributed by atoms with Crippen LogP contribution in [0.4, 0.5) is 14.9 Å². The van der Waals surface area contributed by atoms with E-state index in [1.807, 2.05) is 0 Å². The van der Waals surface area contributed by atoms with Crippen LogP contribution in [0.3, 0.4) is 0 Å². The van der Waals surface area contributed by atoms with Gasteiger partial charge in [-0.05, 0) is 24.3 Å². The first-order valence-electron chi connectivity index (χ1n) is 7.34. The highest BCUT2D eigenvalue weighted by Crippen LogP contribution is 2.12. The zero-order chi connectivity index (χ0) is 17.8. The average Bonchev–Trinajstić information content (AvgIpc) is 2.59. The standard InChI is InChI=1S/C17H13FN4O3/c18-11-5-1-2-6-12(11)20-17(25)21-15(23)10-22-14-8-4-3-7-13(14)19-9-16(22)24/h1-9H,10H2,(H2,20,21,23,25). The van der Waals surface area contributed by atoms with Gasteiger partial charge in [0, 0.05) is 0 Å². The number of benzene rings is 2. The molecule has 8 heteroatoms. The first kappa shape index (κ1) is 16.3.